The molecular formula is C13H21N5O2. The van der Waals surface area contributed by atoms with Crippen LogP contribution in [0.1, 0.15) is 38.0 Å². The number of carbonyl (C=O) groups excluding carboxylic acids is 1. The summed E-state index contributed by atoms with van der Waals surface area (Å²) in [4.78, 5) is 13.9. The molecule has 0 aromatic carbocycles. The number of likely N-dealkylation sites (N-methyl/N-ethyl adjacent to an activating group) is 1. The van der Waals surface area contributed by atoms with E-state index in [1.54, 1.807) is 7.05 Å². The maximum absolute atomic E-state index is 11.9. The topological polar surface area (TPSA) is 83.3 Å². The van der Waals surface area contributed by atoms with Crippen LogP contribution in [0, 0.1) is 0 Å². The molecule has 1 atom stereocenters. The molecule has 2 N–H and O–H groups in total. The number of nitrogens with zero attached hydrogens (tertiary/aromatic N) is 3. The Hall–Kier alpha value is -1.63. The highest BCUT2D eigenvalue weighted by molar-refractivity contribution is 5.84. The third-order valence-electron chi connectivity index (χ3n) is 3.87. The van der Waals surface area contributed by atoms with Gasteiger partial charge in [-0.2, -0.15) is 0 Å². The van der Waals surface area contributed by atoms with Crippen molar-refractivity contribution in [2.75, 3.05) is 18.5 Å². The third kappa shape index (κ3) is 2.92. The van der Waals surface area contributed by atoms with Crippen LogP contribution in [0.25, 0.3) is 0 Å². The number of anilines is 1. The fraction of sp³-hybridized carbons (Fsp3) is 0.769. The maximum Gasteiger partial charge on any atom is 0.318 e. The van der Waals surface area contributed by atoms with E-state index in [1.165, 1.54) is 12.8 Å². The summed E-state index contributed by atoms with van der Waals surface area (Å²) in [6, 6.07) is 0.878. The maximum atomic E-state index is 11.9. The van der Waals surface area contributed by atoms with Crippen molar-refractivity contribution >= 4 is 11.9 Å². The average molecular weight is 279 g/mol. The third-order valence-corrected chi connectivity index (χ3v) is 3.87. The minimum absolute atomic E-state index is 0.0144. The first-order valence-electron chi connectivity index (χ1n) is 7.32. The van der Waals surface area contributed by atoms with Crippen molar-refractivity contribution in [3.63, 3.8) is 0 Å². The molecule has 2 aliphatic rings. The number of aromatic nitrogens is 2. The van der Waals surface area contributed by atoms with E-state index >= 15 is 0 Å². The van der Waals surface area contributed by atoms with Crippen LogP contribution in [0.15, 0.2) is 4.42 Å². The van der Waals surface area contributed by atoms with E-state index in [9.17, 15) is 4.79 Å². The highest BCUT2D eigenvalue weighted by Crippen LogP contribution is 2.24. The van der Waals surface area contributed by atoms with Gasteiger partial charge in [-0.1, -0.05) is 5.10 Å². The van der Waals surface area contributed by atoms with Crippen LogP contribution in [-0.2, 0) is 11.3 Å². The lowest BCUT2D eigenvalue weighted by atomic mass is 10.0. The highest BCUT2D eigenvalue weighted by atomic mass is 16.4. The molecule has 20 heavy (non-hydrogen) atoms. The van der Waals surface area contributed by atoms with Crippen LogP contribution in [0.2, 0.25) is 0 Å². The Balaban J connectivity index is 1.67. The van der Waals surface area contributed by atoms with Gasteiger partial charge in [0.15, 0.2) is 0 Å². The van der Waals surface area contributed by atoms with Gasteiger partial charge in [0.1, 0.15) is 6.04 Å². The van der Waals surface area contributed by atoms with E-state index in [1.807, 2.05) is 4.90 Å². The van der Waals surface area contributed by atoms with E-state index in [-0.39, 0.29) is 11.9 Å². The Morgan fingerprint density at radius 3 is 2.95 bits per heavy atom. The van der Waals surface area contributed by atoms with Crippen molar-refractivity contribution in [1.29, 1.82) is 0 Å². The molecule has 1 saturated carbocycles. The minimum atomic E-state index is -0.196. The monoisotopic (exact) mass is 279 g/mol. The van der Waals surface area contributed by atoms with Crippen LogP contribution in [0.3, 0.4) is 0 Å². The summed E-state index contributed by atoms with van der Waals surface area (Å²) in [6.07, 6.45) is 5.39. The molecule has 0 radical (unpaired) electrons. The van der Waals surface area contributed by atoms with Gasteiger partial charge in [-0.05, 0) is 32.1 Å². The Labute approximate surface area is 118 Å². The molecule has 0 spiro atoms. The molecule has 1 aliphatic carbocycles. The minimum Gasteiger partial charge on any atom is -0.407 e. The molecule has 3 rings (SSSR count). The number of hydrogen-bond donors (Lipinski definition) is 2. The van der Waals surface area contributed by atoms with Gasteiger partial charge in [0, 0.05) is 19.6 Å². The largest absolute Gasteiger partial charge is 0.407 e. The summed E-state index contributed by atoms with van der Waals surface area (Å²) in [5.41, 5.74) is 0. The zero-order valence-electron chi connectivity index (χ0n) is 11.8. The van der Waals surface area contributed by atoms with Crippen LogP contribution in [-0.4, -0.2) is 41.8 Å². The van der Waals surface area contributed by atoms with E-state index in [0.29, 0.717) is 24.5 Å². The molecule has 7 nitrogen and oxygen atoms in total. The summed E-state index contributed by atoms with van der Waals surface area (Å²) in [7, 11) is 1.66. The van der Waals surface area contributed by atoms with Gasteiger partial charge in [-0.15, -0.1) is 5.10 Å². The molecule has 1 saturated heterocycles. The van der Waals surface area contributed by atoms with Gasteiger partial charge in [-0.25, -0.2) is 0 Å². The van der Waals surface area contributed by atoms with Gasteiger partial charge in [0.25, 0.3) is 0 Å². The molecule has 2 heterocycles. The van der Waals surface area contributed by atoms with E-state index in [0.717, 1.165) is 25.8 Å². The molecule has 0 bridgehead atoms. The first-order chi connectivity index (χ1) is 9.78. The lowest BCUT2D eigenvalue weighted by Crippen LogP contribution is -2.49. The van der Waals surface area contributed by atoms with Gasteiger partial charge in [0.2, 0.25) is 11.8 Å². The molecule has 1 unspecified atom stereocenters. The molecule has 110 valence electrons. The van der Waals surface area contributed by atoms with Gasteiger partial charge in [-0.3, -0.25) is 4.79 Å². The Kier molecular flexibility index (Phi) is 3.86. The smallest absolute Gasteiger partial charge is 0.318 e. The predicted molar refractivity (Wildman–Crippen MR) is 73.2 cm³/mol. The van der Waals surface area contributed by atoms with E-state index in [2.05, 4.69) is 20.8 Å². The van der Waals surface area contributed by atoms with E-state index in [4.69, 9.17) is 4.42 Å². The van der Waals surface area contributed by atoms with Crippen molar-refractivity contribution < 1.29 is 9.21 Å². The van der Waals surface area contributed by atoms with Crippen LogP contribution >= 0.6 is 0 Å². The number of rotatable bonds is 5. The van der Waals surface area contributed by atoms with Crippen LogP contribution < -0.4 is 15.5 Å². The first-order valence-corrected chi connectivity index (χ1v) is 7.32. The quantitative estimate of drug-likeness (QED) is 0.813. The average Bonchev–Trinajstić information content (AvgIpc) is 3.21. The number of hydrogen-bond acceptors (Lipinski definition) is 6. The highest BCUT2D eigenvalue weighted by Gasteiger charge is 2.31. The number of piperidine rings is 1. The Morgan fingerprint density at radius 2 is 2.20 bits per heavy atom. The SMILES string of the molecule is CNC(=O)C1CCCCN1c1nnc(CNC2CC2)o1. The number of amides is 1. The van der Waals surface area contributed by atoms with Gasteiger partial charge in [0.05, 0.1) is 6.54 Å². The predicted octanol–water partition coefficient (Wildman–Crippen LogP) is 0.426. The number of carbonyl (C=O) groups is 1. The van der Waals surface area contributed by atoms with Crippen molar-refractivity contribution in [1.82, 2.24) is 20.8 Å². The Bertz CT molecular complexity index is 471. The fourth-order valence-corrected chi connectivity index (χ4v) is 2.55. The van der Waals surface area contributed by atoms with Crippen molar-refractivity contribution in [2.24, 2.45) is 0 Å². The summed E-state index contributed by atoms with van der Waals surface area (Å²) in [6.45, 7) is 1.39. The summed E-state index contributed by atoms with van der Waals surface area (Å²) in [5, 5.41) is 14.2. The standard InChI is InChI=1S/C13H21N5O2/c1-14-12(19)10-4-2-3-7-18(10)13-17-16-11(20-13)8-15-9-5-6-9/h9-10,15H,2-8H2,1H3,(H,14,19). The van der Waals surface area contributed by atoms with Gasteiger partial charge >= 0.3 is 6.01 Å². The van der Waals surface area contributed by atoms with Crippen molar-refractivity contribution in [3.8, 4) is 0 Å². The van der Waals surface area contributed by atoms with Crippen molar-refractivity contribution in [2.45, 2.75) is 50.7 Å². The first kappa shape index (κ1) is 13.4. The fourth-order valence-electron chi connectivity index (χ4n) is 2.55. The molecular weight excluding hydrogens is 258 g/mol. The molecule has 1 aromatic rings. The van der Waals surface area contributed by atoms with Gasteiger partial charge < -0.3 is 20.0 Å². The summed E-state index contributed by atoms with van der Waals surface area (Å²) < 4.78 is 5.69. The van der Waals surface area contributed by atoms with E-state index < -0.39 is 0 Å². The second-order valence-corrected chi connectivity index (χ2v) is 5.45. The molecule has 7 heteroatoms. The molecule has 1 amide bonds. The molecule has 1 aliphatic heterocycles. The second kappa shape index (κ2) is 5.78. The molecule has 1 aromatic heterocycles. The van der Waals surface area contributed by atoms with Crippen molar-refractivity contribution in [3.05, 3.63) is 5.89 Å². The Morgan fingerprint density at radius 1 is 1.35 bits per heavy atom. The zero-order chi connectivity index (χ0) is 13.9. The summed E-state index contributed by atoms with van der Waals surface area (Å²) >= 11 is 0. The van der Waals surface area contributed by atoms with Crippen LogP contribution in [0.4, 0.5) is 6.01 Å². The number of nitrogens with one attached hydrogen (secondary N) is 2. The second-order valence-electron chi connectivity index (χ2n) is 5.45. The van der Waals surface area contributed by atoms with Crippen LogP contribution in [0.5, 0.6) is 0 Å². The lowest BCUT2D eigenvalue weighted by Gasteiger charge is -2.32. The summed E-state index contributed by atoms with van der Waals surface area (Å²) in [5.74, 6) is 0.605. The normalized spacial score (nSPS) is 22.9. The molecule has 2 fully saturated rings. The lowest BCUT2D eigenvalue weighted by molar-refractivity contribution is -0.122. The zero-order valence-corrected chi connectivity index (χ0v) is 11.8.